The molecule has 1 aliphatic heterocycles. The monoisotopic (exact) mass is 246 g/mol. The zero-order valence-electron chi connectivity index (χ0n) is 11.8. The first kappa shape index (κ1) is 13.6. The van der Waals surface area contributed by atoms with Gasteiger partial charge in [-0.25, -0.2) is 0 Å². The van der Waals surface area contributed by atoms with Crippen molar-refractivity contribution in [3.8, 4) is 0 Å². The van der Waals surface area contributed by atoms with E-state index in [4.69, 9.17) is 0 Å². The molecule has 0 radical (unpaired) electrons. The fraction of sp³-hybridized carbons (Fsp3) is 0.625. The first-order valence-corrected chi connectivity index (χ1v) is 7.19. The number of nitrogens with zero attached hydrogens (tertiary/aromatic N) is 1. The summed E-state index contributed by atoms with van der Waals surface area (Å²) in [6, 6.07) is 8.83. The normalized spacial score (nSPS) is 21.1. The molecule has 0 spiro atoms. The predicted octanol–water partition coefficient (Wildman–Crippen LogP) is 2.47. The molecule has 100 valence electrons. The smallest absolute Gasteiger partial charge is 0.00187 e. The Morgan fingerprint density at radius 2 is 2.28 bits per heavy atom. The highest BCUT2D eigenvalue weighted by molar-refractivity contribution is 5.22. The topological polar surface area (TPSA) is 15.3 Å². The van der Waals surface area contributed by atoms with Gasteiger partial charge >= 0.3 is 0 Å². The molecule has 1 N–H and O–H groups in total. The number of aryl methyl sites for hydroxylation is 1. The standard InChI is InChI=1S/C16H26N2/c1-14-5-3-6-15(11-14)8-9-17-12-16-7-4-10-18(2)13-16/h3,5-6,11,16-17H,4,7-10,12-13H2,1-2H3. The van der Waals surface area contributed by atoms with Crippen LogP contribution in [0.15, 0.2) is 24.3 Å². The van der Waals surface area contributed by atoms with Gasteiger partial charge in [0.25, 0.3) is 0 Å². The van der Waals surface area contributed by atoms with E-state index in [-0.39, 0.29) is 0 Å². The summed E-state index contributed by atoms with van der Waals surface area (Å²) in [6.07, 6.45) is 3.90. The van der Waals surface area contributed by atoms with Crippen molar-refractivity contribution in [3.05, 3.63) is 35.4 Å². The van der Waals surface area contributed by atoms with Crippen LogP contribution in [0.2, 0.25) is 0 Å². The van der Waals surface area contributed by atoms with E-state index < -0.39 is 0 Å². The van der Waals surface area contributed by atoms with Gasteiger partial charge in [-0.15, -0.1) is 0 Å². The summed E-state index contributed by atoms with van der Waals surface area (Å²) in [5.41, 5.74) is 2.81. The highest BCUT2D eigenvalue weighted by Crippen LogP contribution is 2.13. The van der Waals surface area contributed by atoms with Gasteiger partial charge in [-0.2, -0.15) is 0 Å². The molecule has 1 atom stereocenters. The molecule has 1 aromatic rings. The number of piperidine rings is 1. The van der Waals surface area contributed by atoms with E-state index >= 15 is 0 Å². The van der Waals surface area contributed by atoms with Gasteiger partial charge < -0.3 is 10.2 Å². The van der Waals surface area contributed by atoms with Gasteiger partial charge in [-0.1, -0.05) is 29.8 Å². The molecule has 2 nitrogen and oxygen atoms in total. The second-order valence-corrected chi connectivity index (χ2v) is 5.71. The Hall–Kier alpha value is -0.860. The molecule has 1 fully saturated rings. The van der Waals surface area contributed by atoms with Crippen LogP contribution in [0.25, 0.3) is 0 Å². The quantitative estimate of drug-likeness (QED) is 0.803. The van der Waals surface area contributed by atoms with Gasteiger partial charge in [-0.3, -0.25) is 0 Å². The van der Waals surface area contributed by atoms with Crippen LogP contribution in [0, 0.1) is 12.8 Å². The third kappa shape index (κ3) is 4.43. The van der Waals surface area contributed by atoms with Gasteiger partial charge in [0, 0.05) is 6.54 Å². The van der Waals surface area contributed by atoms with E-state index in [2.05, 4.69) is 48.5 Å². The second kappa shape index (κ2) is 6.91. The van der Waals surface area contributed by atoms with E-state index in [1.165, 1.54) is 43.6 Å². The SMILES string of the molecule is Cc1cccc(CCNCC2CCCN(C)C2)c1. The minimum Gasteiger partial charge on any atom is -0.316 e. The molecule has 1 heterocycles. The summed E-state index contributed by atoms with van der Waals surface area (Å²) >= 11 is 0. The van der Waals surface area contributed by atoms with Crippen LogP contribution in [0.4, 0.5) is 0 Å². The van der Waals surface area contributed by atoms with Crippen LogP contribution in [0.1, 0.15) is 24.0 Å². The van der Waals surface area contributed by atoms with Crippen molar-refractivity contribution in [2.24, 2.45) is 5.92 Å². The van der Waals surface area contributed by atoms with Crippen molar-refractivity contribution in [3.63, 3.8) is 0 Å². The maximum Gasteiger partial charge on any atom is 0.00187 e. The lowest BCUT2D eigenvalue weighted by Crippen LogP contribution is -2.37. The van der Waals surface area contributed by atoms with Gasteiger partial charge in [0.1, 0.15) is 0 Å². The van der Waals surface area contributed by atoms with E-state index in [1.807, 2.05) is 0 Å². The van der Waals surface area contributed by atoms with Crippen LogP contribution in [0.3, 0.4) is 0 Å². The van der Waals surface area contributed by atoms with Gasteiger partial charge in [0.15, 0.2) is 0 Å². The molecule has 18 heavy (non-hydrogen) atoms. The number of likely N-dealkylation sites (tertiary alicyclic amines) is 1. The first-order chi connectivity index (χ1) is 8.74. The highest BCUT2D eigenvalue weighted by Gasteiger charge is 2.16. The van der Waals surface area contributed by atoms with Crippen LogP contribution >= 0.6 is 0 Å². The Kier molecular flexibility index (Phi) is 5.21. The highest BCUT2D eigenvalue weighted by atomic mass is 15.1. The number of hydrogen-bond acceptors (Lipinski definition) is 2. The second-order valence-electron chi connectivity index (χ2n) is 5.71. The summed E-state index contributed by atoms with van der Waals surface area (Å²) in [4.78, 5) is 2.45. The molecule has 1 aromatic carbocycles. The number of nitrogens with one attached hydrogen (secondary N) is 1. The largest absolute Gasteiger partial charge is 0.316 e. The Bertz CT molecular complexity index is 362. The molecule has 1 aliphatic rings. The minimum absolute atomic E-state index is 0.848. The third-order valence-corrected chi connectivity index (χ3v) is 3.83. The lowest BCUT2D eigenvalue weighted by molar-refractivity contribution is 0.206. The van der Waals surface area contributed by atoms with Gasteiger partial charge in [0.05, 0.1) is 0 Å². The number of hydrogen-bond donors (Lipinski definition) is 1. The van der Waals surface area contributed by atoms with Crippen LogP contribution in [-0.2, 0) is 6.42 Å². The molecule has 2 heteroatoms. The molecule has 0 bridgehead atoms. The molecule has 0 amide bonds. The van der Waals surface area contributed by atoms with Gasteiger partial charge in [-0.05, 0) is 64.3 Å². The minimum atomic E-state index is 0.848. The van der Waals surface area contributed by atoms with Crippen LogP contribution in [0.5, 0.6) is 0 Å². The molecule has 2 rings (SSSR count). The Balaban J connectivity index is 1.64. The Morgan fingerprint density at radius 1 is 1.39 bits per heavy atom. The maximum atomic E-state index is 3.62. The molecule has 0 aromatic heterocycles. The summed E-state index contributed by atoms with van der Waals surface area (Å²) in [5, 5.41) is 3.62. The summed E-state index contributed by atoms with van der Waals surface area (Å²) in [6.45, 7) is 6.98. The third-order valence-electron chi connectivity index (χ3n) is 3.83. The first-order valence-electron chi connectivity index (χ1n) is 7.19. The molecular formula is C16H26N2. The Labute approximate surface area is 111 Å². The number of rotatable bonds is 5. The molecule has 1 unspecified atom stereocenters. The van der Waals surface area contributed by atoms with Crippen LogP contribution in [-0.4, -0.2) is 38.1 Å². The predicted molar refractivity (Wildman–Crippen MR) is 78.0 cm³/mol. The average Bonchev–Trinajstić information content (AvgIpc) is 2.35. The van der Waals surface area contributed by atoms with Gasteiger partial charge in [0.2, 0.25) is 0 Å². The average molecular weight is 246 g/mol. The van der Waals surface area contributed by atoms with E-state index in [9.17, 15) is 0 Å². The van der Waals surface area contributed by atoms with E-state index in [1.54, 1.807) is 0 Å². The molecule has 1 saturated heterocycles. The van der Waals surface area contributed by atoms with Crippen molar-refractivity contribution in [2.75, 3.05) is 33.2 Å². The van der Waals surface area contributed by atoms with E-state index in [0.29, 0.717) is 0 Å². The summed E-state index contributed by atoms with van der Waals surface area (Å²) in [7, 11) is 2.24. The van der Waals surface area contributed by atoms with Crippen molar-refractivity contribution >= 4 is 0 Å². The zero-order chi connectivity index (χ0) is 12.8. The Morgan fingerprint density at radius 3 is 3.06 bits per heavy atom. The van der Waals surface area contributed by atoms with Crippen LogP contribution < -0.4 is 5.32 Å². The molecule has 0 aliphatic carbocycles. The zero-order valence-corrected chi connectivity index (χ0v) is 11.8. The van der Waals surface area contributed by atoms with Crippen molar-refractivity contribution < 1.29 is 0 Å². The van der Waals surface area contributed by atoms with Crippen molar-refractivity contribution in [1.29, 1.82) is 0 Å². The fourth-order valence-electron chi connectivity index (χ4n) is 2.85. The lowest BCUT2D eigenvalue weighted by Gasteiger charge is -2.29. The number of benzene rings is 1. The van der Waals surface area contributed by atoms with Crippen molar-refractivity contribution in [1.82, 2.24) is 10.2 Å². The summed E-state index contributed by atoms with van der Waals surface area (Å²) in [5.74, 6) is 0.848. The molecule has 0 saturated carbocycles. The fourth-order valence-corrected chi connectivity index (χ4v) is 2.85. The van der Waals surface area contributed by atoms with Crippen molar-refractivity contribution in [2.45, 2.75) is 26.2 Å². The summed E-state index contributed by atoms with van der Waals surface area (Å²) < 4.78 is 0. The van der Waals surface area contributed by atoms with E-state index in [0.717, 1.165) is 18.9 Å². The maximum absolute atomic E-state index is 3.62. The molecular weight excluding hydrogens is 220 g/mol. The lowest BCUT2D eigenvalue weighted by atomic mass is 9.98.